The van der Waals surface area contributed by atoms with Gasteiger partial charge in [0.2, 0.25) is 5.91 Å². The smallest absolute Gasteiger partial charge is 0.223 e. The van der Waals surface area contributed by atoms with Crippen molar-refractivity contribution >= 4 is 5.91 Å². The molecule has 0 saturated carbocycles. The average molecular weight is 184 g/mol. The summed E-state index contributed by atoms with van der Waals surface area (Å²) >= 11 is 0. The van der Waals surface area contributed by atoms with Crippen LogP contribution in [0.2, 0.25) is 0 Å². The van der Waals surface area contributed by atoms with Crippen LogP contribution in [0.4, 0.5) is 0 Å². The second-order valence-corrected chi connectivity index (χ2v) is 3.99. The molecule has 0 spiro atoms. The molecule has 0 aromatic heterocycles. The topological polar surface area (TPSA) is 46.3 Å². The summed E-state index contributed by atoms with van der Waals surface area (Å²) in [5.74, 6) is 0.684. The van der Waals surface area contributed by atoms with Crippen molar-refractivity contribution in [3.8, 4) is 0 Å². The van der Waals surface area contributed by atoms with Gasteiger partial charge in [-0.25, -0.2) is 0 Å². The SMILES string of the molecule is CCCC(C)N1CC(CN)CC1=O. The summed E-state index contributed by atoms with van der Waals surface area (Å²) in [7, 11) is 0. The zero-order chi connectivity index (χ0) is 9.84. The van der Waals surface area contributed by atoms with Gasteiger partial charge in [-0.05, 0) is 25.8 Å². The number of nitrogens with two attached hydrogens (primary N) is 1. The first-order chi connectivity index (χ1) is 6.19. The van der Waals surface area contributed by atoms with E-state index in [9.17, 15) is 4.79 Å². The Balaban J connectivity index is 2.46. The molecule has 0 bridgehead atoms. The minimum Gasteiger partial charge on any atom is -0.340 e. The molecule has 1 heterocycles. The number of rotatable bonds is 4. The minimum absolute atomic E-state index is 0.288. The van der Waals surface area contributed by atoms with E-state index in [4.69, 9.17) is 5.73 Å². The fraction of sp³-hybridized carbons (Fsp3) is 0.900. The first-order valence-corrected chi connectivity index (χ1v) is 5.18. The van der Waals surface area contributed by atoms with Crippen molar-refractivity contribution in [1.29, 1.82) is 0 Å². The zero-order valence-corrected chi connectivity index (χ0v) is 8.62. The van der Waals surface area contributed by atoms with Gasteiger partial charge in [-0.2, -0.15) is 0 Å². The summed E-state index contributed by atoms with van der Waals surface area (Å²) in [5.41, 5.74) is 5.55. The van der Waals surface area contributed by atoms with Crippen molar-refractivity contribution < 1.29 is 4.79 Å². The minimum atomic E-state index is 0.288. The van der Waals surface area contributed by atoms with Crippen LogP contribution in [-0.4, -0.2) is 29.9 Å². The van der Waals surface area contributed by atoms with Gasteiger partial charge in [-0.1, -0.05) is 13.3 Å². The first kappa shape index (κ1) is 10.5. The number of nitrogens with zero attached hydrogens (tertiary/aromatic N) is 1. The molecular formula is C10H20N2O. The molecule has 2 atom stereocenters. The third-order valence-electron chi connectivity index (χ3n) is 2.81. The number of hydrogen-bond donors (Lipinski definition) is 1. The van der Waals surface area contributed by atoms with E-state index in [1.165, 1.54) is 0 Å². The molecule has 2 N–H and O–H groups in total. The maximum Gasteiger partial charge on any atom is 0.223 e. The van der Waals surface area contributed by atoms with Gasteiger partial charge in [0.25, 0.3) is 0 Å². The second-order valence-electron chi connectivity index (χ2n) is 3.99. The van der Waals surface area contributed by atoms with E-state index in [-0.39, 0.29) is 5.91 Å². The monoisotopic (exact) mass is 184 g/mol. The van der Waals surface area contributed by atoms with Gasteiger partial charge in [-0.3, -0.25) is 4.79 Å². The fourth-order valence-electron chi connectivity index (χ4n) is 1.97. The van der Waals surface area contributed by atoms with Gasteiger partial charge in [0.1, 0.15) is 0 Å². The quantitative estimate of drug-likeness (QED) is 0.708. The van der Waals surface area contributed by atoms with E-state index in [1.54, 1.807) is 0 Å². The van der Waals surface area contributed by atoms with Crippen LogP contribution >= 0.6 is 0 Å². The van der Waals surface area contributed by atoms with Gasteiger partial charge in [0.05, 0.1) is 0 Å². The molecule has 2 unspecified atom stereocenters. The predicted octanol–water partition coefficient (Wildman–Crippen LogP) is 0.982. The number of carbonyl (C=O) groups excluding carboxylic acids is 1. The molecule has 0 aliphatic carbocycles. The Kier molecular flexibility index (Phi) is 3.72. The Labute approximate surface area is 80.3 Å². The van der Waals surface area contributed by atoms with E-state index < -0.39 is 0 Å². The lowest BCUT2D eigenvalue weighted by Gasteiger charge is -2.24. The van der Waals surface area contributed by atoms with Gasteiger partial charge < -0.3 is 10.6 Å². The molecule has 1 rings (SSSR count). The number of carbonyl (C=O) groups is 1. The summed E-state index contributed by atoms with van der Waals surface area (Å²) in [6, 6.07) is 0.397. The molecule has 76 valence electrons. The highest BCUT2D eigenvalue weighted by molar-refractivity contribution is 5.78. The van der Waals surface area contributed by atoms with Crippen molar-refractivity contribution in [1.82, 2.24) is 4.90 Å². The van der Waals surface area contributed by atoms with Gasteiger partial charge >= 0.3 is 0 Å². The molecule has 1 aliphatic rings. The summed E-state index contributed by atoms with van der Waals surface area (Å²) in [4.78, 5) is 13.5. The Hall–Kier alpha value is -0.570. The Morgan fingerprint density at radius 1 is 1.69 bits per heavy atom. The molecule has 1 fully saturated rings. The summed E-state index contributed by atoms with van der Waals surface area (Å²) in [6.07, 6.45) is 2.89. The lowest BCUT2D eigenvalue weighted by Crippen LogP contribution is -2.34. The van der Waals surface area contributed by atoms with Gasteiger partial charge in [-0.15, -0.1) is 0 Å². The highest BCUT2D eigenvalue weighted by atomic mass is 16.2. The van der Waals surface area contributed by atoms with E-state index in [2.05, 4.69) is 13.8 Å². The molecule has 0 radical (unpaired) electrons. The molecule has 3 heteroatoms. The number of amides is 1. The van der Waals surface area contributed by atoms with Crippen molar-refractivity contribution in [2.24, 2.45) is 11.7 Å². The third-order valence-corrected chi connectivity index (χ3v) is 2.81. The Bertz CT molecular complexity index is 182. The van der Waals surface area contributed by atoms with E-state index in [0.717, 1.165) is 19.4 Å². The zero-order valence-electron chi connectivity index (χ0n) is 8.62. The summed E-state index contributed by atoms with van der Waals surface area (Å²) < 4.78 is 0. The third kappa shape index (κ3) is 2.44. The molecule has 0 aromatic carbocycles. The largest absolute Gasteiger partial charge is 0.340 e. The molecule has 0 aromatic rings. The molecule has 1 amide bonds. The molecule has 1 saturated heterocycles. The average Bonchev–Trinajstić information content (AvgIpc) is 2.47. The maximum atomic E-state index is 11.5. The second kappa shape index (κ2) is 4.61. The van der Waals surface area contributed by atoms with Crippen molar-refractivity contribution in [3.05, 3.63) is 0 Å². The first-order valence-electron chi connectivity index (χ1n) is 5.18. The number of hydrogen-bond acceptors (Lipinski definition) is 2. The summed E-state index contributed by atoms with van der Waals surface area (Å²) in [6.45, 7) is 5.79. The predicted molar refractivity (Wildman–Crippen MR) is 53.2 cm³/mol. The molecule has 3 nitrogen and oxygen atoms in total. The van der Waals surface area contributed by atoms with Crippen LogP contribution in [-0.2, 0) is 4.79 Å². The Morgan fingerprint density at radius 2 is 2.38 bits per heavy atom. The van der Waals surface area contributed by atoms with Gasteiger partial charge in [0, 0.05) is 19.0 Å². The molecular weight excluding hydrogens is 164 g/mol. The van der Waals surface area contributed by atoms with Crippen LogP contribution in [0.5, 0.6) is 0 Å². The standard InChI is InChI=1S/C10H20N2O/c1-3-4-8(2)12-7-9(6-11)5-10(12)13/h8-9H,3-7,11H2,1-2H3. The van der Waals surface area contributed by atoms with Crippen LogP contribution in [0.25, 0.3) is 0 Å². The number of likely N-dealkylation sites (tertiary alicyclic amines) is 1. The highest BCUT2D eigenvalue weighted by Gasteiger charge is 2.30. The van der Waals surface area contributed by atoms with E-state index in [1.807, 2.05) is 4.90 Å². The highest BCUT2D eigenvalue weighted by Crippen LogP contribution is 2.20. The van der Waals surface area contributed by atoms with Crippen molar-refractivity contribution in [2.45, 2.75) is 39.2 Å². The fourth-order valence-corrected chi connectivity index (χ4v) is 1.97. The maximum absolute atomic E-state index is 11.5. The molecule has 13 heavy (non-hydrogen) atoms. The van der Waals surface area contributed by atoms with E-state index >= 15 is 0 Å². The molecule has 1 aliphatic heterocycles. The Morgan fingerprint density at radius 3 is 2.85 bits per heavy atom. The van der Waals surface area contributed by atoms with Crippen molar-refractivity contribution in [3.63, 3.8) is 0 Å². The lowest BCUT2D eigenvalue weighted by molar-refractivity contribution is -0.129. The summed E-state index contributed by atoms with van der Waals surface area (Å²) in [5, 5.41) is 0. The normalized spacial score (nSPS) is 25.3. The van der Waals surface area contributed by atoms with Crippen LogP contribution in [0.1, 0.15) is 33.1 Å². The van der Waals surface area contributed by atoms with Gasteiger partial charge in [0.15, 0.2) is 0 Å². The van der Waals surface area contributed by atoms with Crippen LogP contribution in [0, 0.1) is 5.92 Å². The van der Waals surface area contributed by atoms with Crippen molar-refractivity contribution in [2.75, 3.05) is 13.1 Å². The van der Waals surface area contributed by atoms with Crippen LogP contribution in [0.3, 0.4) is 0 Å². The van der Waals surface area contributed by atoms with Crippen LogP contribution < -0.4 is 5.73 Å². The van der Waals surface area contributed by atoms with E-state index in [0.29, 0.717) is 24.9 Å². The van der Waals surface area contributed by atoms with Crippen LogP contribution in [0.15, 0.2) is 0 Å². The lowest BCUT2D eigenvalue weighted by atomic mass is 10.1.